The zero-order chi connectivity index (χ0) is 13.2. The first-order chi connectivity index (χ1) is 9.22. The molecule has 0 atom stereocenters. The van der Waals surface area contributed by atoms with Crippen LogP contribution in [0.3, 0.4) is 0 Å². The number of ether oxygens (including phenoxy) is 2. The molecule has 19 heavy (non-hydrogen) atoms. The maximum atomic E-state index is 11.9. The van der Waals surface area contributed by atoms with Crippen LogP contribution in [0.1, 0.15) is 15.2 Å². The molecule has 1 aromatic heterocycles. The van der Waals surface area contributed by atoms with Crippen molar-refractivity contribution in [2.75, 3.05) is 6.79 Å². The van der Waals surface area contributed by atoms with Gasteiger partial charge in [-0.3, -0.25) is 4.79 Å². The molecule has 2 heterocycles. The molecule has 1 N–H and O–H groups in total. The van der Waals surface area contributed by atoms with E-state index in [2.05, 4.69) is 21.2 Å². The minimum atomic E-state index is -0.0756. The van der Waals surface area contributed by atoms with Gasteiger partial charge in [-0.2, -0.15) is 0 Å². The third kappa shape index (κ3) is 2.74. The summed E-state index contributed by atoms with van der Waals surface area (Å²) in [7, 11) is 0. The maximum Gasteiger partial charge on any atom is 0.261 e. The van der Waals surface area contributed by atoms with E-state index in [9.17, 15) is 4.79 Å². The Morgan fingerprint density at radius 1 is 1.32 bits per heavy atom. The molecule has 1 aliphatic rings. The van der Waals surface area contributed by atoms with E-state index in [1.165, 1.54) is 11.3 Å². The summed E-state index contributed by atoms with van der Waals surface area (Å²) in [4.78, 5) is 12.6. The second kappa shape index (κ2) is 5.22. The molecular formula is C13H10BrNO3S. The Morgan fingerprint density at radius 2 is 2.16 bits per heavy atom. The first kappa shape index (κ1) is 12.5. The predicted molar refractivity (Wildman–Crippen MR) is 75.8 cm³/mol. The lowest BCUT2D eigenvalue weighted by atomic mass is 10.2. The summed E-state index contributed by atoms with van der Waals surface area (Å²) < 4.78 is 11.5. The average molecular weight is 340 g/mol. The Labute approximate surface area is 122 Å². The highest BCUT2D eigenvalue weighted by molar-refractivity contribution is 9.10. The fourth-order valence-corrected chi connectivity index (χ4v) is 3.10. The van der Waals surface area contributed by atoms with Crippen molar-refractivity contribution < 1.29 is 14.3 Å². The van der Waals surface area contributed by atoms with Gasteiger partial charge in [0.05, 0.1) is 4.88 Å². The number of hydrogen-bond donors (Lipinski definition) is 1. The molecule has 0 bridgehead atoms. The van der Waals surface area contributed by atoms with E-state index < -0.39 is 0 Å². The molecule has 2 aromatic rings. The number of halogens is 1. The number of carbonyl (C=O) groups excluding carboxylic acids is 1. The normalized spacial score (nSPS) is 12.5. The molecule has 1 amide bonds. The van der Waals surface area contributed by atoms with E-state index in [-0.39, 0.29) is 12.7 Å². The van der Waals surface area contributed by atoms with E-state index in [1.807, 2.05) is 23.6 Å². The zero-order valence-corrected chi connectivity index (χ0v) is 12.2. The zero-order valence-electron chi connectivity index (χ0n) is 9.81. The van der Waals surface area contributed by atoms with Gasteiger partial charge in [-0.1, -0.05) is 6.07 Å². The highest BCUT2D eigenvalue weighted by atomic mass is 79.9. The quantitative estimate of drug-likeness (QED) is 0.934. The fraction of sp³-hybridized carbons (Fsp3) is 0.154. The Morgan fingerprint density at radius 3 is 2.95 bits per heavy atom. The minimum Gasteiger partial charge on any atom is -0.454 e. The largest absolute Gasteiger partial charge is 0.454 e. The van der Waals surface area contributed by atoms with Crippen molar-refractivity contribution >= 4 is 33.2 Å². The van der Waals surface area contributed by atoms with Crippen molar-refractivity contribution in [1.82, 2.24) is 5.32 Å². The number of carbonyl (C=O) groups is 1. The number of hydrogen-bond acceptors (Lipinski definition) is 4. The number of rotatable bonds is 3. The van der Waals surface area contributed by atoms with Crippen LogP contribution in [0.5, 0.6) is 11.5 Å². The molecule has 1 aliphatic heterocycles. The molecule has 0 radical (unpaired) electrons. The number of benzene rings is 1. The molecule has 4 nitrogen and oxygen atoms in total. The number of nitrogens with one attached hydrogen (secondary N) is 1. The van der Waals surface area contributed by atoms with Crippen molar-refractivity contribution in [2.45, 2.75) is 6.54 Å². The Hall–Kier alpha value is -1.53. The van der Waals surface area contributed by atoms with Crippen LogP contribution in [0.25, 0.3) is 0 Å². The first-order valence-electron chi connectivity index (χ1n) is 5.63. The summed E-state index contributed by atoms with van der Waals surface area (Å²) in [6.07, 6.45) is 0. The monoisotopic (exact) mass is 339 g/mol. The third-order valence-electron chi connectivity index (χ3n) is 2.68. The lowest BCUT2D eigenvalue weighted by Gasteiger charge is -2.04. The summed E-state index contributed by atoms with van der Waals surface area (Å²) in [5.41, 5.74) is 0.980. The van der Waals surface area contributed by atoms with E-state index in [0.717, 1.165) is 21.5 Å². The van der Waals surface area contributed by atoms with Crippen LogP contribution in [0.4, 0.5) is 0 Å². The van der Waals surface area contributed by atoms with E-state index in [1.54, 1.807) is 6.07 Å². The summed E-state index contributed by atoms with van der Waals surface area (Å²) in [5, 5.41) is 4.76. The smallest absolute Gasteiger partial charge is 0.261 e. The molecule has 0 unspecified atom stereocenters. The summed E-state index contributed by atoms with van der Waals surface area (Å²) >= 11 is 4.74. The standard InChI is InChI=1S/C13H10BrNO3S/c14-9-4-12(19-6-9)13(16)15-5-8-1-2-10-11(3-8)18-7-17-10/h1-4,6H,5,7H2,(H,15,16). The van der Waals surface area contributed by atoms with Crippen molar-refractivity contribution in [3.8, 4) is 11.5 Å². The van der Waals surface area contributed by atoms with Crippen LogP contribution >= 0.6 is 27.3 Å². The van der Waals surface area contributed by atoms with E-state index >= 15 is 0 Å². The molecular weight excluding hydrogens is 330 g/mol. The Balaban J connectivity index is 1.64. The molecule has 0 spiro atoms. The average Bonchev–Trinajstić information content (AvgIpc) is 3.03. The van der Waals surface area contributed by atoms with Crippen LogP contribution < -0.4 is 14.8 Å². The number of amides is 1. The highest BCUT2D eigenvalue weighted by Gasteiger charge is 2.14. The summed E-state index contributed by atoms with van der Waals surface area (Å²) in [6, 6.07) is 7.45. The van der Waals surface area contributed by atoms with Gasteiger partial charge in [-0.05, 0) is 39.7 Å². The second-order valence-electron chi connectivity index (χ2n) is 4.00. The molecule has 0 aliphatic carbocycles. The van der Waals surface area contributed by atoms with Crippen molar-refractivity contribution in [2.24, 2.45) is 0 Å². The van der Waals surface area contributed by atoms with Crippen LogP contribution in [-0.4, -0.2) is 12.7 Å². The van der Waals surface area contributed by atoms with Gasteiger partial charge < -0.3 is 14.8 Å². The molecule has 0 saturated heterocycles. The van der Waals surface area contributed by atoms with Gasteiger partial charge in [0.1, 0.15) is 0 Å². The molecule has 0 saturated carbocycles. The van der Waals surface area contributed by atoms with Gasteiger partial charge in [0, 0.05) is 16.4 Å². The number of thiophene rings is 1. The minimum absolute atomic E-state index is 0.0756. The SMILES string of the molecule is O=C(NCc1ccc2c(c1)OCO2)c1cc(Br)cs1. The third-order valence-corrected chi connectivity index (χ3v) is 4.37. The van der Waals surface area contributed by atoms with Gasteiger partial charge in [-0.15, -0.1) is 11.3 Å². The fourth-order valence-electron chi connectivity index (χ4n) is 1.75. The first-order valence-corrected chi connectivity index (χ1v) is 7.30. The van der Waals surface area contributed by atoms with Gasteiger partial charge in [0.15, 0.2) is 11.5 Å². The van der Waals surface area contributed by atoms with Crippen LogP contribution in [-0.2, 0) is 6.54 Å². The Bertz CT molecular complexity index is 626. The molecule has 3 rings (SSSR count). The maximum absolute atomic E-state index is 11.9. The van der Waals surface area contributed by atoms with E-state index in [4.69, 9.17) is 9.47 Å². The second-order valence-corrected chi connectivity index (χ2v) is 5.83. The Kier molecular flexibility index (Phi) is 3.44. The highest BCUT2D eigenvalue weighted by Crippen LogP contribution is 2.32. The molecule has 6 heteroatoms. The molecule has 98 valence electrons. The topological polar surface area (TPSA) is 47.6 Å². The van der Waals surface area contributed by atoms with Crippen molar-refractivity contribution in [3.05, 3.63) is 44.6 Å². The van der Waals surface area contributed by atoms with E-state index in [0.29, 0.717) is 11.4 Å². The van der Waals surface area contributed by atoms with Gasteiger partial charge in [-0.25, -0.2) is 0 Å². The van der Waals surface area contributed by atoms with Gasteiger partial charge in [0.25, 0.3) is 5.91 Å². The molecule has 0 fully saturated rings. The van der Waals surface area contributed by atoms with Gasteiger partial charge >= 0.3 is 0 Å². The van der Waals surface area contributed by atoms with Gasteiger partial charge in [0.2, 0.25) is 6.79 Å². The summed E-state index contributed by atoms with van der Waals surface area (Å²) in [5.74, 6) is 1.40. The van der Waals surface area contributed by atoms with Crippen LogP contribution in [0.2, 0.25) is 0 Å². The predicted octanol–water partition coefficient (Wildman–Crippen LogP) is 3.17. The molecule has 1 aromatic carbocycles. The van der Waals surface area contributed by atoms with Crippen LogP contribution in [0.15, 0.2) is 34.1 Å². The van der Waals surface area contributed by atoms with Crippen molar-refractivity contribution in [3.63, 3.8) is 0 Å². The lowest BCUT2D eigenvalue weighted by molar-refractivity contribution is 0.0955. The van der Waals surface area contributed by atoms with Crippen molar-refractivity contribution in [1.29, 1.82) is 0 Å². The number of fused-ring (bicyclic) bond motifs is 1. The lowest BCUT2D eigenvalue weighted by Crippen LogP contribution is -2.21. The summed E-state index contributed by atoms with van der Waals surface area (Å²) in [6.45, 7) is 0.722. The van der Waals surface area contributed by atoms with Crippen LogP contribution in [0, 0.1) is 0 Å².